The fourth-order valence-corrected chi connectivity index (χ4v) is 4.72. The largest absolute Gasteiger partial charge is 0.383 e. The fraction of sp³-hybridized carbons (Fsp3) is 0.647. The molecule has 8 nitrogen and oxygen atoms in total. The van der Waals surface area contributed by atoms with E-state index in [2.05, 4.69) is 27.5 Å². The Morgan fingerprint density at radius 2 is 2.27 bits per heavy atom. The highest BCUT2D eigenvalue weighted by atomic mass is 32.1. The third kappa shape index (κ3) is 3.45. The van der Waals surface area contributed by atoms with E-state index in [0.29, 0.717) is 37.3 Å². The number of anilines is 1. The molecule has 2 aromatic heterocycles. The second-order valence-electron chi connectivity index (χ2n) is 7.04. The monoisotopic (exact) mass is 376 g/mol. The summed E-state index contributed by atoms with van der Waals surface area (Å²) in [7, 11) is 1.67. The Morgan fingerprint density at radius 1 is 1.38 bits per heavy atom. The summed E-state index contributed by atoms with van der Waals surface area (Å²) in [5.41, 5.74) is 3.13. The van der Waals surface area contributed by atoms with Gasteiger partial charge in [-0.15, -0.1) is 16.4 Å². The number of nitrogens with one attached hydrogen (secondary N) is 1. The second-order valence-corrected chi connectivity index (χ2v) is 8.12. The fourth-order valence-electron chi connectivity index (χ4n) is 3.56. The Balaban J connectivity index is 1.40. The van der Waals surface area contributed by atoms with Crippen molar-refractivity contribution < 1.29 is 9.53 Å². The summed E-state index contributed by atoms with van der Waals surface area (Å²) < 4.78 is 6.98. The molecule has 1 unspecified atom stereocenters. The van der Waals surface area contributed by atoms with Crippen LogP contribution in [0.2, 0.25) is 0 Å². The van der Waals surface area contributed by atoms with E-state index >= 15 is 0 Å². The Labute approximate surface area is 156 Å². The quantitative estimate of drug-likeness (QED) is 0.883. The van der Waals surface area contributed by atoms with Gasteiger partial charge in [0.1, 0.15) is 5.69 Å². The first-order valence-electron chi connectivity index (χ1n) is 9.08. The summed E-state index contributed by atoms with van der Waals surface area (Å²) >= 11 is 1.61. The SMILES string of the molecule is COCCn1nnc2c1CCN(C(=O)Nc1nc3c(s1)CC(C)CC3)C2. The molecule has 1 N–H and O–H groups in total. The van der Waals surface area contributed by atoms with E-state index in [4.69, 9.17) is 4.74 Å². The second kappa shape index (κ2) is 7.32. The minimum Gasteiger partial charge on any atom is -0.383 e. The lowest BCUT2D eigenvalue weighted by Gasteiger charge is -2.26. The van der Waals surface area contributed by atoms with E-state index < -0.39 is 0 Å². The zero-order valence-electron chi connectivity index (χ0n) is 15.2. The minimum atomic E-state index is -0.110. The van der Waals surface area contributed by atoms with E-state index in [9.17, 15) is 4.79 Å². The number of aryl methyl sites for hydroxylation is 1. The normalized spacial score (nSPS) is 19.2. The highest BCUT2D eigenvalue weighted by Crippen LogP contribution is 2.32. The molecule has 140 valence electrons. The molecule has 4 rings (SSSR count). The summed E-state index contributed by atoms with van der Waals surface area (Å²) in [5.74, 6) is 0.702. The summed E-state index contributed by atoms with van der Waals surface area (Å²) in [4.78, 5) is 20.4. The van der Waals surface area contributed by atoms with Crippen LogP contribution in [0.1, 0.15) is 35.3 Å². The molecule has 3 heterocycles. The number of ether oxygens (including phenoxy) is 1. The molecule has 1 aliphatic carbocycles. The molecule has 0 fully saturated rings. The Morgan fingerprint density at radius 3 is 3.12 bits per heavy atom. The van der Waals surface area contributed by atoms with Gasteiger partial charge in [0, 0.05) is 25.0 Å². The van der Waals surface area contributed by atoms with Gasteiger partial charge in [0.2, 0.25) is 0 Å². The number of aromatic nitrogens is 4. The number of methoxy groups -OCH3 is 1. The van der Waals surface area contributed by atoms with E-state index in [1.165, 1.54) is 11.3 Å². The molecule has 2 aliphatic rings. The molecule has 2 aromatic rings. The molecule has 0 saturated heterocycles. The summed E-state index contributed by atoms with van der Waals surface area (Å²) in [5, 5.41) is 12.1. The van der Waals surface area contributed by atoms with E-state index in [-0.39, 0.29) is 6.03 Å². The Kier molecular flexibility index (Phi) is 4.90. The topological polar surface area (TPSA) is 85.2 Å². The first kappa shape index (κ1) is 17.4. The molecule has 26 heavy (non-hydrogen) atoms. The maximum absolute atomic E-state index is 12.6. The van der Waals surface area contributed by atoms with Crippen molar-refractivity contribution in [2.75, 3.05) is 25.6 Å². The average molecular weight is 376 g/mol. The number of hydrogen-bond donors (Lipinski definition) is 1. The van der Waals surface area contributed by atoms with Crippen LogP contribution in [0.5, 0.6) is 0 Å². The predicted octanol–water partition coefficient (Wildman–Crippen LogP) is 2.10. The van der Waals surface area contributed by atoms with Gasteiger partial charge in [-0.05, 0) is 25.2 Å². The van der Waals surface area contributed by atoms with Gasteiger partial charge in [0.15, 0.2) is 5.13 Å². The number of hydrogen-bond acceptors (Lipinski definition) is 6. The van der Waals surface area contributed by atoms with Crippen LogP contribution >= 0.6 is 11.3 Å². The number of thiazole rings is 1. The van der Waals surface area contributed by atoms with E-state index in [1.54, 1.807) is 23.3 Å². The zero-order chi connectivity index (χ0) is 18.1. The summed E-state index contributed by atoms with van der Waals surface area (Å²) in [6.45, 7) is 4.70. The number of amides is 2. The van der Waals surface area contributed by atoms with Crippen molar-refractivity contribution in [1.82, 2.24) is 24.9 Å². The lowest BCUT2D eigenvalue weighted by atomic mass is 9.93. The highest BCUT2D eigenvalue weighted by molar-refractivity contribution is 7.15. The Bertz CT molecular complexity index is 801. The van der Waals surface area contributed by atoms with Crippen LogP contribution in [0.25, 0.3) is 0 Å². The van der Waals surface area contributed by atoms with Crippen molar-refractivity contribution in [2.24, 2.45) is 5.92 Å². The highest BCUT2D eigenvalue weighted by Gasteiger charge is 2.27. The third-order valence-corrected chi connectivity index (χ3v) is 6.11. The number of carbonyl (C=O) groups excluding carboxylic acids is 1. The smallest absolute Gasteiger partial charge is 0.324 e. The van der Waals surface area contributed by atoms with Crippen LogP contribution in [0.15, 0.2) is 0 Å². The van der Waals surface area contributed by atoms with Gasteiger partial charge in [-0.1, -0.05) is 12.1 Å². The third-order valence-electron chi connectivity index (χ3n) is 5.07. The predicted molar refractivity (Wildman–Crippen MR) is 98.3 cm³/mol. The minimum absolute atomic E-state index is 0.110. The number of nitrogens with zero attached hydrogens (tertiary/aromatic N) is 5. The van der Waals surface area contributed by atoms with Crippen LogP contribution in [0.3, 0.4) is 0 Å². The molecule has 0 aromatic carbocycles. The molecular weight excluding hydrogens is 352 g/mol. The standard InChI is InChI=1S/C17H24N6O2S/c1-11-3-4-12-15(9-11)26-16(18-12)19-17(24)22-6-5-14-13(10-22)20-21-23(14)7-8-25-2/h11H,3-10H2,1-2H3,(H,18,19,24). The Hall–Kier alpha value is -2.00. The molecule has 0 spiro atoms. The van der Waals surface area contributed by atoms with Crippen molar-refractivity contribution >= 4 is 22.5 Å². The van der Waals surface area contributed by atoms with Gasteiger partial charge in [-0.25, -0.2) is 14.5 Å². The van der Waals surface area contributed by atoms with Crippen molar-refractivity contribution in [3.05, 3.63) is 22.0 Å². The average Bonchev–Trinajstić information content (AvgIpc) is 3.22. The zero-order valence-corrected chi connectivity index (χ0v) is 16.0. The molecule has 9 heteroatoms. The maximum atomic E-state index is 12.6. The molecule has 1 atom stereocenters. The van der Waals surface area contributed by atoms with Gasteiger partial charge in [0.25, 0.3) is 0 Å². The lowest BCUT2D eigenvalue weighted by Crippen LogP contribution is -2.39. The van der Waals surface area contributed by atoms with Gasteiger partial charge in [0.05, 0.1) is 31.1 Å². The first-order valence-corrected chi connectivity index (χ1v) is 9.90. The van der Waals surface area contributed by atoms with Crippen LogP contribution < -0.4 is 5.32 Å². The maximum Gasteiger partial charge on any atom is 0.324 e. The van der Waals surface area contributed by atoms with Crippen LogP contribution in [0.4, 0.5) is 9.93 Å². The summed E-state index contributed by atoms with van der Waals surface area (Å²) in [6.07, 6.45) is 4.02. The number of urea groups is 1. The molecule has 1 aliphatic heterocycles. The molecule has 2 amide bonds. The van der Waals surface area contributed by atoms with Gasteiger partial charge in [-0.3, -0.25) is 5.32 Å². The van der Waals surface area contributed by atoms with Gasteiger partial charge < -0.3 is 9.64 Å². The van der Waals surface area contributed by atoms with Crippen molar-refractivity contribution in [3.63, 3.8) is 0 Å². The van der Waals surface area contributed by atoms with Crippen molar-refractivity contribution in [2.45, 2.75) is 45.7 Å². The lowest BCUT2D eigenvalue weighted by molar-refractivity contribution is 0.180. The van der Waals surface area contributed by atoms with E-state index in [1.807, 2.05) is 4.68 Å². The first-order chi connectivity index (χ1) is 12.6. The van der Waals surface area contributed by atoms with Crippen LogP contribution in [-0.2, 0) is 37.1 Å². The number of fused-ring (bicyclic) bond motifs is 2. The van der Waals surface area contributed by atoms with Crippen molar-refractivity contribution in [1.29, 1.82) is 0 Å². The number of carbonyl (C=O) groups is 1. The van der Waals surface area contributed by atoms with Crippen LogP contribution in [-0.4, -0.2) is 51.2 Å². The number of rotatable bonds is 4. The molecule has 0 saturated carbocycles. The van der Waals surface area contributed by atoms with Crippen LogP contribution in [0, 0.1) is 5.92 Å². The summed E-state index contributed by atoms with van der Waals surface area (Å²) in [6, 6.07) is -0.110. The van der Waals surface area contributed by atoms with Gasteiger partial charge >= 0.3 is 6.03 Å². The van der Waals surface area contributed by atoms with Crippen molar-refractivity contribution in [3.8, 4) is 0 Å². The molecule has 0 bridgehead atoms. The van der Waals surface area contributed by atoms with Gasteiger partial charge in [-0.2, -0.15) is 0 Å². The molecular formula is C17H24N6O2S. The van der Waals surface area contributed by atoms with E-state index in [0.717, 1.165) is 36.3 Å². The molecule has 0 radical (unpaired) electrons.